The second kappa shape index (κ2) is 6.29. The first-order valence-electron chi connectivity index (χ1n) is 10.1. The molecule has 1 aliphatic heterocycles. The summed E-state index contributed by atoms with van der Waals surface area (Å²) < 4.78 is 2.00. The van der Waals surface area contributed by atoms with Crippen molar-refractivity contribution < 1.29 is 5.11 Å². The number of anilines is 1. The molecule has 5 rings (SSSR count). The van der Waals surface area contributed by atoms with Crippen LogP contribution in [0.4, 0.5) is 5.82 Å². The predicted molar refractivity (Wildman–Crippen MR) is 110 cm³/mol. The minimum atomic E-state index is -0.901. The Morgan fingerprint density at radius 1 is 1.25 bits per heavy atom. The topological polar surface area (TPSA) is 74.5 Å². The van der Waals surface area contributed by atoms with Crippen molar-refractivity contribution in [2.75, 3.05) is 18.4 Å². The van der Waals surface area contributed by atoms with E-state index in [0.29, 0.717) is 11.5 Å². The van der Waals surface area contributed by atoms with E-state index in [2.05, 4.69) is 15.6 Å². The molecule has 146 valence electrons. The summed E-state index contributed by atoms with van der Waals surface area (Å²) in [5.41, 5.74) is 3.11. The summed E-state index contributed by atoms with van der Waals surface area (Å²) in [4.78, 5) is 9.34. The third-order valence-electron chi connectivity index (χ3n) is 6.27. The van der Waals surface area contributed by atoms with Gasteiger partial charge >= 0.3 is 0 Å². The Kier molecular flexibility index (Phi) is 3.96. The standard InChI is InChI=1S/C22H27N5O/c1-21(2,28)15-6-7-20-24-12-18(27(20)13-15)17-4-3-5-19(26-17)25-16-10-22(11-16)8-9-23-14-22/h3-7,12-13,16,23,28H,8-11,14H2,1-2H3,(H,25,26). The van der Waals surface area contributed by atoms with Crippen molar-refractivity contribution in [3.05, 3.63) is 48.3 Å². The van der Waals surface area contributed by atoms with Gasteiger partial charge in [-0.3, -0.25) is 4.40 Å². The number of hydrogen-bond acceptors (Lipinski definition) is 5. The minimum Gasteiger partial charge on any atom is -0.386 e. The van der Waals surface area contributed by atoms with Crippen molar-refractivity contribution in [3.8, 4) is 11.4 Å². The summed E-state index contributed by atoms with van der Waals surface area (Å²) in [6.45, 7) is 5.89. The third-order valence-corrected chi connectivity index (χ3v) is 6.27. The first-order chi connectivity index (χ1) is 13.4. The Bertz CT molecular complexity index is 1010. The zero-order chi connectivity index (χ0) is 19.4. The van der Waals surface area contributed by atoms with Crippen LogP contribution in [-0.4, -0.2) is 38.6 Å². The number of aliphatic hydroxyl groups is 1. The zero-order valence-electron chi connectivity index (χ0n) is 16.4. The summed E-state index contributed by atoms with van der Waals surface area (Å²) >= 11 is 0. The van der Waals surface area contributed by atoms with Crippen molar-refractivity contribution in [1.82, 2.24) is 19.7 Å². The van der Waals surface area contributed by atoms with Crippen molar-refractivity contribution >= 4 is 11.5 Å². The van der Waals surface area contributed by atoms with Gasteiger partial charge in [0.05, 0.1) is 23.2 Å². The Morgan fingerprint density at radius 3 is 2.86 bits per heavy atom. The maximum absolute atomic E-state index is 10.3. The van der Waals surface area contributed by atoms with Crippen LogP contribution in [0.2, 0.25) is 0 Å². The van der Waals surface area contributed by atoms with Crippen molar-refractivity contribution in [1.29, 1.82) is 0 Å². The lowest BCUT2D eigenvalue weighted by molar-refractivity contribution is 0.0781. The Morgan fingerprint density at radius 2 is 2.11 bits per heavy atom. The fourth-order valence-electron chi connectivity index (χ4n) is 4.63. The molecule has 4 heterocycles. The van der Waals surface area contributed by atoms with Gasteiger partial charge in [0.15, 0.2) is 0 Å². The van der Waals surface area contributed by atoms with E-state index >= 15 is 0 Å². The summed E-state index contributed by atoms with van der Waals surface area (Å²) in [6, 6.07) is 10.4. The highest BCUT2D eigenvalue weighted by Gasteiger charge is 2.45. The molecule has 0 bridgehead atoms. The lowest BCUT2D eigenvalue weighted by Crippen LogP contribution is -2.46. The van der Waals surface area contributed by atoms with E-state index in [-0.39, 0.29) is 0 Å². The summed E-state index contributed by atoms with van der Waals surface area (Å²) in [6.07, 6.45) is 7.53. The SMILES string of the molecule is CC(C)(O)c1ccc2ncc(-c3cccc(NC4CC5(CCNC5)C4)n3)n2c1. The molecular weight excluding hydrogens is 350 g/mol. The van der Waals surface area contributed by atoms with Gasteiger partial charge in [-0.1, -0.05) is 12.1 Å². The van der Waals surface area contributed by atoms with E-state index in [9.17, 15) is 5.11 Å². The molecule has 3 N–H and O–H groups in total. The van der Waals surface area contributed by atoms with E-state index in [0.717, 1.165) is 41.5 Å². The minimum absolute atomic E-state index is 0.506. The molecule has 1 aliphatic carbocycles. The molecule has 1 spiro atoms. The van der Waals surface area contributed by atoms with E-state index in [1.807, 2.05) is 47.1 Å². The Hall–Kier alpha value is -2.44. The Labute approximate surface area is 165 Å². The maximum atomic E-state index is 10.3. The molecule has 2 aliphatic rings. The fourth-order valence-corrected chi connectivity index (χ4v) is 4.63. The maximum Gasteiger partial charge on any atom is 0.137 e. The number of fused-ring (bicyclic) bond motifs is 1. The number of rotatable bonds is 4. The molecule has 3 aromatic heterocycles. The van der Waals surface area contributed by atoms with Crippen LogP contribution in [0.5, 0.6) is 0 Å². The molecule has 2 fully saturated rings. The molecular formula is C22H27N5O. The van der Waals surface area contributed by atoms with Crippen LogP contribution in [0.15, 0.2) is 42.7 Å². The van der Waals surface area contributed by atoms with Crippen molar-refractivity contribution in [3.63, 3.8) is 0 Å². The smallest absolute Gasteiger partial charge is 0.137 e. The quantitative estimate of drug-likeness (QED) is 0.651. The summed E-state index contributed by atoms with van der Waals surface area (Å²) in [7, 11) is 0. The summed E-state index contributed by atoms with van der Waals surface area (Å²) in [5.74, 6) is 0.914. The average Bonchev–Trinajstić information content (AvgIpc) is 3.27. The molecule has 6 nitrogen and oxygen atoms in total. The van der Waals surface area contributed by atoms with Crippen LogP contribution in [0.25, 0.3) is 17.0 Å². The Balaban J connectivity index is 1.40. The van der Waals surface area contributed by atoms with E-state index < -0.39 is 5.60 Å². The largest absolute Gasteiger partial charge is 0.386 e. The highest BCUT2D eigenvalue weighted by molar-refractivity contribution is 5.62. The van der Waals surface area contributed by atoms with Crippen LogP contribution in [0, 0.1) is 5.41 Å². The number of aromatic nitrogens is 3. The fraction of sp³-hybridized carbons (Fsp3) is 0.455. The second-order valence-electron chi connectivity index (χ2n) is 8.93. The lowest BCUT2D eigenvalue weighted by atomic mass is 9.65. The predicted octanol–water partition coefficient (Wildman–Crippen LogP) is 3.18. The molecule has 0 aromatic carbocycles. The number of nitrogens with zero attached hydrogens (tertiary/aromatic N) is 3. The number of hydrogen-bond donors (Lipinski definition) is 3. The van der Waals surface area contributed by atoms with Crippen LogP contribution >= 0.6 is 0 Å². The molecule has 0 amide bonds. The molecule has 1 saturated heterocycles. The van der Waals surface area contributed by atoms with Gasteiger partial charge in [-0.25, -0.2) is 9.97 Å². The van der Waals surface area contributed by atoms with Crippen LogP contribution in [0.1, 0.15) is 38.7 Å². The molecule has 0 unspecified atom stereocenters. The zero-order valence-corrected chi connectivity index (χ0v) is 16.4. The van der Waals surface area contributed by atoms with Gasteiger partial charge < -0.3 is 15.7 Å². The molecule has 6 heteroatoms. The van der Waals surface area contributed by atoms with Crippen LogP contribution in [0.3, 0.4) is 0 Å². The first kappa shape index (κ1) is 17.6. The van der Waals surface area contributed by atoms with E-state index in [1.165, 1.54) is 19.3 Å². The van der Waals surface area contributed by atoms with Gasteiger partial charge in [0.2, 0.25) is 0 Å². The van der Waals surface area contributed by atoms with Gasteiger partial charge in [0, 0.05) is 18.8 Å². The van der Waals surface area contributed by atoms with Gasteiger partial charge in [-0.15, -0.1) is 0 Å². The monoisotopic (exact) mass is 377 g/mol. The molecule has 0 radical (unpaired) electrons. The van der Waals surface area contributed by atoms with Crippen LogP contribution in [-0.2, 0) is 5.60 Å². The highest BCUT2D eigenvalue weighted by atomic mass is 16.3. The lowest BCUT2D eigenvalue weighted by Gasteiger charge is -2.45. The normalized spacial score (nSPS) is 24.6. The van der Waals surface area contributed by atoms with Gasteiger partial charge in [-0.05, 0) is 68.8 Å². The van der Waals surface area contributed by atoms with Gasteiger partial charge in [0.1, 0.15) is 11.5 Å². The number of imidazole rings is 1. The van der Waals surface area contributed by atoms with E-state index in [1.54, 1.807) is 13.8 Å². The third kappa shape index (κ3) is 3.06. The first-order valence-corrected chi connectivity index (χ1v) is 10.1. The van der Waals surface area contributed by atoms with Crippen molar-refractivity contribution in [2.45, 2.75) is 44.8 Å². The van der Waals surface area contributed by atoms with Crippen LogP contribution < -0.4 is 10.6 Å². The molecule has 28 heavy (non-hydrogen) atoms. The van der Waals surface area contributed by atoms with Gasteiger partial charge in [0.25, 0.3) is 0 Å². The van der Waals surface area contributed by atoms with Gasteiger partial charge in [-0.2, -0.15) is 0 Å². The number of pyridine rings is 2. The van der Waals surface area contributed by atoms with E-state index in [4.69, 9.17) is 4.98 Å². The molecule has 0 atom stereocenters. The summed E-state index contributed by atoms with van der Waals surface area (Å²) in [5, 5.41) is 17.4. The van der Waals surface area contributed by atoms with Crippen molar-refractivity contribution in [2.24, 2.45) is 5.41 Å². The highest BCUT2D eigenvalue weighted by Crippen LogP contribution is 2.46. The molecule has 1 saturated carbocycles. The molecule has 3 aromatic rings. The average molecular weight is 377 g/mol. The second-order valence-corrected chi connectivity index (χ2v) is 8.93. The number of nitrogens with one attached hydrogen (secondary N) is 2.